The highest BCUT2D eigenvalue weighted by Gasteiger charge is 2.37. The van der Waals surface area contributed by atoms with Gasteiger partial charge in [-0.15, -0.1) is 0 Å². The van der Waals surface area contributed by atoms with Crippen LogP contribution >= 0.6 is 8.20 Å². The second-order valence-electron chi connectivity index (χ2n) is 7.56. The van der Waals surface area contributed by atoms with E-state index in [9.17, 15) is 0 Å². The average Bonchev–Trinajstić information content (AvgIpc) is 2.85. The molecule has 0 radical (unpaired) electrons. The van der Waals surface area contributed by atoms with Gasteiger partial charge in [-0.3, -0.25) is 9.80 Å². The van der Waals surface area contributed by atoms with E-state index in [0.29, 0.717) is 0 Å². The van der Waals surface area contributed by atoms with Crippen LogP contribution in [0.15, 0.2) is 91.0 Å². The van der Waals surface area contributed by atoms with Crippen molar-refractivity contribution in [1.82, 2.24) is 9.80 Å². The van der Waals surface area contributed by atoms with E-state index in [2.05, 4.69) is 128 Å². The van der Waals surface area contributed by atoms with E-state index >= 15 is 0 Å². The number of rotatable bonds is 10. The Bertz CT molecular complexity index is 820. The third kappa shape index (κ3) is 4.99. The first-order valence-electron chi connectivity index (χ1n) is 11.5. The van der Waals surface area contributed by atoms with Crippen LogP contribution in [0.3, 0.4) is 0 Å². The van der Waals surface area contributed by atoms with Crippen LogP contribution in [0.5, 0.6) is 0 Å². The van der Waals surface area contributed by atoms with E-state index in [-0.39, 0.29) is 5.16 Å². The van der Waals surface area contributed by atoms with E-state index in [0.717, 1.165) is 26.2 Å². The topological polar surface area (TPSA) is 6.48 Å². The summed E-state index contributed by atoms with van der Waals surface area (Å²) in [5.74, 6) is 0. The minimum atomic E-state index is -0.287. The molecule has 2 nitrogen and oxygen atoms in total. The zero-order valence-electron chi connectivity index (χ0n) is 19.3. The molecule has 0 fully saturated rings. The molecule has 0 heterocycles. The Kier molecular flexibility index (Phi) is 8.60. The van der Waals surface area contributed by atoms with Crippen LogP contribution in [0.1, 0.15) is 44.4 Å². The van der Waals surface area contributed by atoms with Crippen molar-refractivity contribution in [1.29, 1.82) is 0 Å². The fraction of sp³-hybridized carbons (Fsp3) is 0.321. The van der Waals surface area contributed by atoms with Crippen molar-refractivity contribution in [3.8, 4) is 0 Å². The molecule has 31 heavy (non-hydrogen) atoms. The zero-order valence-corrected chi connectivity index (χ0v) is 20.2. The highest BCUT2D eigenvalue weighted by atomic mass is 31.1. The van der Waals surface area contributed by atoms with Crippen molar-refractivity contribution < 1.29 is 0 Å². The van der Waals surface area contributed by atoms with Crippen LogP contribution in [-0.4, -0.2) is 41.5 Å². The summed E-state index contributed by atoms with van der Waals surface area (Å²) in [5.41, 5.74) is 5.37. The Balaban J connectivity index is 2.42. The largest absolute Gasteiger partial charge is 0.263 e. The van der Waals surface area contributed by atoms with Gasteiger partial charge < -0.3 is 0 Å². The van der Waals surface area contributed by atoms with Crippen molar-refractivity contribution in [2.24, 2.45) is 0 Å². The molecular formula is C28H35N2P. The lowest BCUT2D eigenvalue weighted by molar-refractivity contribution is 0.362. The standard InChI is InChI=1S/C28H35N2P/c1-5-29(6-2)27(30(7-3)8-4)31-28(24-18-12-9-13-19-24,25-20-14-10-15-21-25)26-22-16-11-17-23-26/h9-23H,5-8H2,1-4H3. The van der Waals surface area contributed by atoms with Gasteiger partial charge in [0.1, 0.15) is 0 Å². The van der Waals surface area contributed by atoms with Crippen LogP contribution in [0.4, 0.5) is 0 Å². The van der Waals surface area contributed by atoms with E-state index in [1.54, 1.807) is 0 Å². The van der Waals surface area contributed by atoms with Crippen molar-refractivity contribution in [2.45, 2.75) is 32.9 Å². The third-order valence-electron chi connectivity index (χ3n) is 5.93. The van der Waals surface area contributed by atoms with Gasteiger partial charge in [0.25, 0.3) is 0 Å². The Hall–Kier alpha value is -2.25. The summed E-state index contributed by atoms with van der Waals surface area (Å²) in [4.78, 5) is 5.05. The van der Waals surface area contributed by atoms with Crippen LogP contribution in [0.2, 0.25) is 0 Å². The molecule has 0 saturated carbocycles. The zero-order chi connectivity index (χ0) is 22.1. The Morgan fingerprint density at radius 2 is 0.839 bits per heavy atom. The summed E-state index contributed by atoms with van der Waals surface area (Å²) in [6.45, 7) is 13.1. The Labute approximate surface area is 190 Å². The molecule has 0 aliphatic heterocycles. The monoisotopic (exact) mass is 430 g/mol. The Morgan fingerprint density at radius 1 is 0.548 bits per heavy atom. The maximum Gasteiger partial charge on any atom is 0.0894 e. The normalized spacial score (nSPS) is 11.9. The molecule has 0 unspecified atom stereocenters. The fourth-order valence-corrected chi connectivity index (χ4v) is 6.22. The summed E-state index contributed by atoms with van der Waals surface area (Å²) in [5, 5.41) is -0.287. The van der Waals surface area contributed by atoms with Gasteiger partial charge in [-0.05, 0) is 24.9 Å². The van der Waals surface area contributed by atoms with Gasteiger partial charge in [0, 0.05) is 26.2 Å². The summed E-state index contributed by atoms with van der Waals surface area (Å²) < 4.78 is 0. The molecule has 0 spiro atoms. The maximum atomic E-state index is 2.53. The second-order valence-corrected chi connectivity index (χ2v) is 8.86. The average molecular weight is 431 g/mol. The number of nitrogens with zero attached hydrogens (tertiary/aromatic N) is 2. The highest BCUT2D eigenvalue weighted by Crippen LogP contribution is 2.49. The predicted molar refractivity (Wildman–Crippen MR) is 137 cm³/mol. The van der Waals surface area contributed by atoms with E-state index < -0.39 is 0 Å². The van der Waals surface area contributed by atoms with Crippen molar-refractivity contribution >= 4 is 13.7 Å². The minimum absolute atomic E-state index is 0.287. The summed E-state index contributed by atoms with van der Waals surface area (Å²) >= 11 is 0. The van der Waals surface area contributed by atoms with Gasteiger partial charge in [-0.25, -0.2) is 0 Å². The molecule has 3 aromatic carbocycles. The lowest BCUT2D eigenvalue weighted by Gasteiger charge is -2.37. The lowest BCUT2D eigenvalue weighted by atomic mass is 9.84. The van der Waals surface area contributed by atoms with Crippen molar-refractivity contribution in [3.63, 3.8) is 0 Å². The minimum Gasteiger partial charge on any atom is -0.263 e. The first-order valence-corrected chi connectivity index (χ1v) is 12.4. The molecule has 0 bridgehead atoms. The molecule has 162 valence electrons. The van der Waals surface area contributed by atoms with Gasteiger partial charge in [-0.1, -0.05) is 119 Å². The number of hydrogen-bond acceptors (Lipinski definition) is 0. The van der Waals surface area contributed by atoms with Crippen molar-refractivity contribution in [3.05, 3.63) is 108 Å². The molecule has 0 N–H and O–H groups in total. The van der Waals surface area contributed by atoms with Crippen LogP contribution in [0, 0.1) is 0 Å². The molecule has 3 aromatic rings. The molecule has 3 heteroatoms. The number of hydrogen-bond donors (Lipinski definition) is 0. The van der Waals surface area contributed by atoms with Crippen LogP contribution < -0.4 is 0 Å². The number of benzene rings is 3. The first kappa shape index (κ1) is 23.4. The molecule has 0 atom stereocenters. The van der Waals surface area contributed by atoms with Gasteiger partial charge in [0.2, 0.25) is 0 Å². The molecular weight excluding hydrogens is 395 g/mol. The molecule has 0 aromatic heterocycles. The summed E-state index contributed by atoms with van der Waals surface area (Å²) in [6, 6.07) is 33.1. The van der Waals surface area contributed by atoms with Crippen LogP contribution in [0.25, 0.3) is 0 Å². The molecule has 0 amide bonds. The van der Waals surface area contributed by atoms with Gasteiger partial charge in [0.15, 0.2) is 0 Å². The SMILES string of the molecule is CCN(CC)C(=PC(c1ccccc1)(c1ccccc1)c1ccccc1)N(CC)CC. The summed E-state index contributed by atoms with van der Waals surface area (Å²) in [7, 11) is 1.28. The lowest BCUT2D eigenvalue weighted by Crippen LogP contribution is -2.44. The molecule has 3 rings (SSSR count). The van der Waals surface area contributed by atoms with Crippen molar-refractivity contribution in [2.75, 3.05) is 26.2 Å². The highest BCUT2D eigenvalue weighted by molar-refractivity contribution is 7.42. The van der Waals surface area contributed by atoms with E-state index in [1.807, 2.05) is 0 Å². The van der Waals surface area contributed by atoms with Gasteiger partial charge in [0.05, 0.1) is 10.7 Å². The fourth-order valence-electron chi connectivity index (χ4n) is 4.24. The third-order valence-corrected chi connectivity index (χ3v) is 7.81. The first-order chi connectivity index (χ1) is 15.2. The van der Waals surface area contributed by atoms with E-state index in [1.165, 1.54) is 30.4 Å². The Morgan fingerprint density at radius 3 is 1.10 bits per heavy atom. The van der Waals surface area contributed by atoms with Gasteiger partial charge >= 0.3 is 0 Å². The summed E-state index contributed by atoms with van der Waals surface area (Å²) in [6.07, 6.45) is 0. The van der Waals surface area contributed by atoms with Crippen LogP contribution in [-0.2, 0) is 5.16 Å². The maximum absolute atomic E-state index is 2.53. The smallest absolute Gasteiger partial charge is 0.0894 e. The predicted octanol–water partition coefficient (Wildman–Crippen LogP) is 6.70. The molecule has 0 aliphatic rings. The quantitative estimate of drug-likeness (QED) is 0.261. The van der Waals surface area contributed by atoms with Gasteiger partial charge in [-0.2, -0.15) is 0 Å². The molecule has 0 saturated heterocycles. The van der Waals surface area contributed by atoms with E-state index in [4.69, 9.17) is 0 Å². The molecule has 0 aliphatic carbocycles. The second kappa shape index (κ2) is 11.4.